The molecule has 4 heteroatoms. The number of nitrogens with zero attached hydrogens (tertiary/aromatic N) is 1. The van der Waals surface area contributed by atoms with E-state index in [0.717, 1.165) is 23.1 Å². The summed E-state index contributed by atoms with van der Waals surface area (Å²) < 4.78 is 12.6. The van der Waals surface area contributed by atoms with E-state index in [1.165, 1.54) is 94.5 Å². The number of hydrogen-bond acceptors (Lipinski definition) is 3. The molecule has 0 atom stereocenters. The standard InChI is InChI=1S/C28H46NO3/c1-5-8-17-29(18-9-6-2,19-10-7-3)20-13-11-12-14-21-31-25-15-16-26-24(4)22-28(30)32-27(26)23-25/h15-16,22-23H,5-14,17-21H2,1-4H3/q+1. The van der Waals surface area contributed by atoms with Gasteiger partial charge in [0.1, 0.15) is 11.3 Å². The first kappa shape index (κ1) is 26.4. The van der Waals surface area contributed by atoms with Gasteiger partial charge in [-0.25, -0.2) is 4.79 Å². The Kier molecular flexibility index (Phi) is 11.9. The molecule has 2 aromatic rings. The molecule has 0 amide bonds. The van der Waals surface area contributed by atoms with Crippen molar-refractivity contribution >= 4 is 11.0 Å². The van der Waals surface area contributed by atoms with Gasteiger partial charge < -0.3 is 13.6 Å². The van der Waals surface area contributed by atoms with Gasteiger partial charge in [-0.05, 0) is 69.6 Å². The maximum atomic E-state index is 11.6. The predicted octanol–water partition coefficient (Wildman–Crippen LogP) is 7.26. The zero-order valence-corrected chi connectivity index (χ0v) is 21.1. The summed E-state index contributed by atoms with van der Waals surface area (Å²) in [4.78, 5) is 11.6. The highest BCUT2D eigenvalue weighted by Gasteiger charge is 2.25. The second-order valence-electron chi connectivity index (χ2n) is 9.47. The third-order valence-corrected chi connectivity index (χ3v) is 6.68. The first-order valence-corrected chi connectivity index (χ1v) is 13.1. The van der Waals surface area contributed by atoms with Crippen molar-refractivity contribution in [1.82, 2.24) is 0 Å². The molecule has 1 aromatic heterocycles. The number of quaternary nitrogens is 1. The van der Waals surface area contributed by atoms with Gasteiger partial charge in [-0.3, -0.25) is 0 Å². The molecule has 0 aliphatic carbocycles. The lowest BCUT2D eigenvalue weighted by molar-refractivity contribution is -0.929. The van der Waals surface area contributed by atoms with Gasteiger partial charge in [-0.15, -0.1) is 0 Å². The van der Waals surface area contributed by atoms with E-state index in [9.17, 15) is 4.79 Å². The fraction of sp³-hybridized carbons (Fsp3) is 0.679. The van der Waals surface area contributed by atoms with Gasteiger partial charge in [-0.1, -0.05) is 40.0 Å². The van der Waals surface area contributed by atoms with Crippen molar-refractivity contribution in [2.24, 2.45) is 0 Å². The SMILES string of the molecule is CCCC[N+](CCCC)(CCCC)CCCCCCOc1ccc2c(C)cc(=O)oc2c1. The quantitative estimate of drug-likeness (QED) is 0.146. The minimum Gasteiger partial charge on any atom is -0.493 e. The summed E-state index contributed by atoms with van der Waals surface area (Å²) in [5, 5.41) is 0.966. The molecular formula is C28H46NO3+. The lowest BCUT2D eigenvalue weighted by Gasteiger charge is -2.39. The normalized spacial score (nSPS) is 11.9. The molecule has 0 unspecified atom stereocenters. The van der Waals surface area contributed by atoms with Crippen molar-refractivity contribution in [3.8, 4) is 5.75 Å². The number of hydrogen-bond donors (Lipinski definition) is 0. The Balaban J connectivity index is 1.76. The largest absolute Gasteiger partial charge is 0.493 e. The van der Waals surface area contributed by atoms with Crippen molar-refractivity contribution in [3.63, 3.8) is 0 Å². The Morgan fingerprint density at radius 2 is 1.38 bits per heavy atom. The van der Waals surface area contributed by atoms with Gasteiger partial charge in [0.25, 0.3) is 0 Å². The van der Waals surface area contributed by atoms with Gasteiger partial charge in [0.15, 0.2) is 0 Å². The molecule has 0 saturated carbocycles. The van der Waals surface area contributed by atoms with Crippen LogP contribution in [0, 0.1) is 6.92 Å². The number of unbranched alkanes of at least 4 members (excludes halogenated alkanes) is 6. The zero-order chi connectivity index (χ0) is 23.2. The average molecular weight is 445 g/mol. The Morgan fingerprint density at radius 1 is 0.781 bits per heavy atom. The summed E-state index contributed by atoms with van der Waals surface area (Å²) in [5.41, 5.74) is 1.24. The first-order valence-electron chi connectivity index (χ1n) is 13.1. The van der Waals surface area contributed by atoms with Crippen molar-refractivity contribution in [3.05, 3.63) is 40.2 Å². The Hall–Kier alpha value is -1.81. The lowest BCUT2D eigenvalue weighted by Crippen LogP contribution is -2.50. The van der Waals surface area contributed by atoms with E-state index in [2.05, 4.69) is 20.8 Å². The first-order chi connectivity index (χ1) is 15.5. The maximum Gasteiger partial charge on any atom is 0.336 e. The molecule has 2 rings (SSSR count). The van der Waals surface area contributed by atoms with Gasteiger partial charge in [0, 0.05) is 17.5 Å². The van der Waals surface area contributed by atoms with Crippen LogP contribution in [0.25, 0.3) is 11.0 Å². The fourth-order valence-corrected chi connectivity index (χ4v) is 4.64. The molecule has 0 spiro atoms. The van der Waals surface area contributed by atoms with Gasteiger partial charge in [0.05, 0.1) is 32.8 Å². The van der Waals surface area contributed by atoms with E-state index in [1.807, 2.05) is 25.1 Å². The number of benzene rings is 1. The van der Waals surface area contributed by atoms with E-state index in [0.29, 0.717) is 12.2 Å². The zero-order valence-electron chi connectivity index (χ0n) is 21.1. The molecule has 0 fully saturated rings. The lowest BCUT2D eigenvalue weighted by atomic mass is 10.1. The minimum atomic E-state index is -0.307. The monoisotopic (exact) mass is 444 g/mol. The molecule has 0 bridgehead atoms. The van der Waals surface area contributed by atoms with Crippen LogP contribution in [0.15, 0.2) is 33.5 Å². The molecule has 180 valence electrons. The summed E-state index contributed by atoms with van der Waals surface area (Å²) in [5.74, 6) is 0.778. The highest BCUT2D eigenvalue weighted by atomic mass is 16.5. The molecule has 1 heterocycles. The molecular weight excluding hydrogens is 398 g/mol. The second-order valence-corrected chi connectivity index (χ2v) is 9.47. The highest BCUT2D eigenvalue weighted by Crippen LogP contribution is 2.22. The molecule has 0 N–H and O–H groups in total. The van der Waals surface area contributed by atoms with E-state index in [-0.39, 0.29) is 5.63 Å². The Morgan fingerprint density at radius 3 is 2.00 bits per heavy atom. The fourth-order valence-electron chi connectivity index (χ4n) is 4.64. The van der Waals surface area contributed by atoms with E-state index in [4.69, 9.17) is 9.15 Å². The van der Waals surface area contributed by atoms with Crippen molar-refractivity contribution in [1.29, 1.82) is 0 Å². The minimum absolute atomic E-state index is 0.307. The molecule has 0 saturated heterocycles. The van der Waals surface area contributed by atoms with E-state index >= 15 is 0 Å². The van der Waals surface area contributed by atoms with Crippen molar-refractivity contribution in [2.75, 3.05) is 32.8 Å². The van der Waals surface area contributed by atoms with Crippen LogP contribution < -0.4 is 10.4 Å². The molecule has 0 aliphatic heterocycles. The summed E-state index contributed by atoms with van der Waals surface area (Å²) in [7, 11) is 0. The Bertz CT molecular complexity index is 820. The molecule has 0 aliphatic rings. The van der Waals surface area contributed by atoms with E-state index < -0.39 is 0 Å². The van der Waals surface area contributed by atoms with Gasteiger partial charge >= 0.3 is 5.63 Å². The van der Waals surface area contributed by atoms with Gasteiger partial charge in [-0.2, -0.15) is 0 Å². The third kappa shape index (κ3) is 8.61. The smallest absolute Gasteiger partial charge is 0.336 e. The number of fused-ring (bicyclic) bond motifs is 1. The summed E-state index contributed by atoms with van der Waals surface area (Å²) in [6.45, 7) is 15.0. The third-order valence-electron chi connectivity index (χ3n) is 6.68. The molecule has 1 aromatic carbocycles. The van der Waals surface area contributed by atoms with Gasteiger partial charge in [0.2, 0.25) is 0 Å². The Labute approximate surface area is 195 Å². The van der Waals surface area contributed by atoms with Crippen LogP contribution in [0.3, 0.4) is 0 Å². The topological polar surface area (TPSA) is 39.4 Å². The van der Waals surface area contributed by atoms with Crippen molar-refractivity contribution in [2.45, 2.75) is 91.9 Å². The van der Waals surface area contributed by atoms with Crippen LogP contribution in [0.5, 0.6) is 5.75 Å². The highest BCUT2D eigenvalue weighted by molar-refractivity contribution is 5.81. The van der Waals surface area contributed by atoms with Crippen LogP contribution in [0.4, 0.5) is 0 Å². The molecule has 0 radical (unpaired) electrons. The van der Waals surface area contributed by atoms with Crippen molar-refractivity contribution < 1.29 is 13.6 Å². The molecule has 4 nitrogen and oxygen atoms in total. The average Bonchev–Trinajstić information content (AvgIpc) is 2.78. The van der Waals surface area contributed by atoms with Crippen LogP contribution in [-0.2, 0) is 0 Å². The summed E-state index contributed by atoms with van der Waals surface area (Å²) in [6.07, 6.45) is 12.8. The summed E-state index contributed by atoms with van der Waals surface area (Å²) in [6, 6.07) is 7.31. The van der Waals surface area contributed by atoms with Crippen LogP contribution >= 0.6 is 0 Å². The van der Waals surface area contributed by atoms with E-state index in [1.54, 1.807) is 0 Å². The summed E-state index contributed by atoms with van der Waals surface area (Å²) >= 11 is 0. The van der Waals surface area contributed by atoms with Crippen LogP contribution in [-0.4, -0.2) is 37.3 Å². The predicted molar refractivity (Wildman–Crippen MR) is 136 cm³/mol. The van der Waals surface area contributed by atoms with Crippen LogP contribution in [0.2, 0.25) is 0 Å². The number of ether oxygens (including phenoxy) is 1. The van der Waals surface area contributed by atoms with Crippen LogP contribution in [0.1, 0.15) is 90.5 Å². The maximum absolute atomic E-state index is 11.6. The number of rotatable bonds is 17. The molecule has 32 heavy (non-hydrogen) atoms. The number of aryl methyl sites for hydroxylation is 1. The second kappa shape index (κ2) is 14.4.